The molecule has 3 heterocycles. The number of H-pyrrole nitrogens is 1. The van der Waals surface area contributed by atoms with Crippen LogP contribution in [0.5, 0.6) is 5.75 Å². The number of carbonyl (C=O) groups is 1. The number of benzene rings is 1. The Morgan fingerprint density at radius 2 is 1.92 bits per heavy atom. The summed E-state index contributed by atoms with van der Waals surface area (Å²) >= 11 is 0. The summed E-state index contributed by atoms with van der Waals surface area (Å²) in [6.07, 6.45) is -3.61. The third-order valence-electron chi connectivity index (χ3n) is 6.12. The molecule has 3 aromatic rings. The summed E-state index contributed by atoms with van der Waals surface area (Å²) in [4.78, 5) is 19.1. The number of sulfonamides is 1. The van der Waals surface area contributed by atoms with Crippen molar-refractivity contribution in [3.63, 3.8) is 0 Å². The van der Waals surface area contributed by atoms with Crippen LogP contribution in [0.15, 0.2) is 47.6 Å². The minimum absolute atomic E-state index is 0. The van der Waals surface area contributed by atoms with E-state index in [9.17, 15) is 30.8 Å². The van der Waals surface area contributed by atoms with Crippen molar-refractivity contribution in [3.8, 4) is 17.0 Å². The first-order valence-electron chi connectivity index (χ1n) is 12.2. The number of nitrogens with one attached hydrogen (secondary N) is 2. The van der Waals surface area contributed by atoms with E-state index in [1.165, 1.54) is 35.4 Å². The molecule has 4 rings (SSSR count). The molecule has 212 valence electrons. The lowest BCUT2D eigenvalue weighted by Crippen LogP contribution is -2.41. The van der Waals surface area contributed by atoms with Crippen molar-refractivity contribution in [2.45, 2.75) is 37.9 Å². The molecule has 1 fully saturated rings. The molecule has 1 aliphatic rings. The van der Waals surface area contributed by atoms with Crippen molar-refractivity contribution in [1.82, 2.24) is 19.9 Å². The van der Waals surface area contributed by atoms with Crippen LogP contribution < -0.4 is 14.4 Å². The van der Waals surface area contributed by atoms with E-state index >= 15 is 0 Å². The average molecular weight is 572 g/mol. The number of alkyl halides is 3. The molecule has 9 nitrogen and oxygen atoms in total. The molecule has 0 unspecified atom stereocenters. The number of rotatable bonds is 8. The molecule has 0 aliphatic carbocycles. The molecule has 39 heavy (non-hydrogen) atoms. The van der Waals surface area contributed by atoms with E-state index in [2.05, 4.69) is 15.2 Å². The molecule has 0 bridgehead atoms. The highest BCUT2D eigenvalue weighted by molar-refractivity contribution is 7.90. The number of hydrogen-bond donors (Lipinski definition) is 2. The van der Waals surface area contributed by atoms with Gasteiger partial charge in [-0.15, -0.1) is 0 Å². The van der Waals surface area contributed by atoms with Gasteiger partial charge >= 0.3 is 6.18 Å². The molecule has 0 atom stereocenters. The maximum Gasteiger partial charge on any atom is 0.391 e. The third kappa shape index (κ3) is 6.85. The molecule has 1 aromatic carbocycles. The second-order valence-electron chi connectivity index (χ2n) is 9.61. The number of anilines is 1. The SMILES string of the molecule is CC(C)COc1cc(F)cc(-c2ccc(C(=O)NS(=O)(=O)c3ccn[nH]3)c(N3CCC(C(F)(F)F)CC3)n2)c1.[HH]. The Labute approximate surface area is 224 Å². The van der Waals surface area contributed by atoms with E-state index in [4.69, 9.17) is 4.74 Å². The first-order valence-corrected chi connectivity index (χ1v) is 13.6. The number of ether oxygens (including phenoxy) is 1. The smallest absolute Gasteiger partial charge is 0.391 e. The molecular formula is C25H29F4N5O4S. The second-order valence-corrected chi connectivity index (χ2v) is 11.3. The fraction of sp³-hybridized carbons (Fsp3) is 0.400. The van der Waals surface area contributed by atoms with E-state index < -0.39 is 33.8 Å². The summed E-state index contributed by atoms with van der Waals surface area (Å²) < 4.78 is 86.9. The van der Waals surface area contributed by atoms with Gasteiger partial charge in [0.25, 0.3) is 15.9 Å². The first kappa shape index (κ1) is 28.3. The van der Waals surface area contributed by atoms with Gasteiger partial charge in [-0.25, -0.2) is 14.1 Å². The van der Waals surface area contributed by atoms with Crippen molar-refractivity contribution in [3.05, 3.63) is 54.0 Å². The van der Waals surface area contributed by atoms with E-state index in [-0.39, 0.29) is 61.1 Å². The number of nitrogens with zero attached hydrogens (tertiary/aromatic N) is 3. The summed E-state index contributed by atoms with van der Waals surface area (Å²) in [6.45, 7) is 4.08. The van der Waals surface area contributed by atoms with Crippen LogP contribution in [0.25, 0.3) is 11.3 Å². The van der Waals surface area contributed by atoms with Crippen LogP contribution in [0.3, 0.4) is 0 Å². The van der Waals surface area contributed by atoms with Gasteiger partial charge in [0, 0.05) is 26.1 Å². The Bertz CT molecular complexity index is 1430. The minimum Gasteiger partial charge on any atom is -0.493 e. The lowest BCUT2D eigenvalue weighted by Gasteiger charge is -2.34. The van der Waals surface area contributed by atoms with Crippen LogP contribution in [0.2, 0.25) is 0 Å². The first-order chi connectivity index (χ1) is 18.3. The van der Waals surface area contributed by atoms with Gasteiger partial charge in [-0.3, -0.25) is 9.89 Å². The number of aromatic nitrogens is 3. The molecule has 14 heteroatoms. The summed E-state index contributed by atoms with van der Waals surface area (Å²) in [5.41, 5.74) is 0.377. The van der Waals surface area contributed by atoms with Crippen molar-refractivity contribution in [2.75, 3.05) is 24.6 Å². The highest BCUT2D eigenvalue weighted by Crippen LogP contribution is 2.36. The Balaban J connectivity index is 0.00000441. The van der Waals surface area contributed by atoms with Gasteiger partial charge in [0.1, 0.15) is 17.4 Å². The zero-order valence-electron chi connectivity index (χ0n) is 21.1. The highest BCUT2D eigenvalue weighted by Gasteiger charge is 2.41. The fourth-order valence-electron chi connectivity index (χ4n) is 4.13. The molecule has 2 N–H and O–H groups in total. The number of halogens is 4. The fourth-order valence-corrected chi connectivity index (χ4v) is 5.00. The van der Waals surface area contributed by atoms with Crippen molar-refractivity contribution in [1.29, 1.82) is 0 Å². The largest absolute Gasteiger partial charge is 0.493 e. The van der Waals surface area contributed by atoms with Gasteiger partial charge in [0.2, 0.25) is 0 Å². The number of amides is 1. The van der Waals surface area contributed by atoms with E-state index in [1.807, 2.05) is 18.6 Å². The number of aromatic amines is 1. The monoisotopic (exact) mass is 571 g/mol. The van der Waals surface area contributed by atoms with Crippen LogP contribution in [0.1, 0.15) is 38.5 Å². The second kappa shape index (κ2) is 11.2. The standard InChI is InChI=1S/C25H27F4N5O4S.H2/c1-15(2)14-38-19-12-16(11-18(26)13-19)21-4-3-20(24(35)33-39(36,37)22-5-8-30-32-22)23(31-21)34-9-6-17(7-10-34)25(27,28)29;/h3-5,8,11-13,15,17H,6-7,9-10,14H2,1-2H3,(H,30,32)(H,33,35);1H. The van der Waals surface area contributed by atoms with E-state index in [1.54, 1.807) is 6.07 Å². The van der Waals surface area contributed by atoms with Crippen molar-refractivity contribution >= 4 is 21.7 Å². The molecule has 2 aromatic heterocycles. The van der Waals surface area contributed by atoms with Gasteiger partial charge in [-0.2, -0.15) is 26.7 Å². The number of piperidine rings is 1. The quantitative estimate of drug-likeness (QED) is 0.374. The molecule has 0 spiro atoms. The van der Waals surface area contributed by atoms with Crippen molar-refractivity contribution in [2.24, 2.45) is 11.8 Å². The Morgan fingerprint density at radius 3 is 2.54 bits per heavy atom. The predicted octanol–water partition coefficient (Wildman–Crippen LogP) is 4.79. The van der Waals surface area contributed by atoms with Crippen LogP contribution in [0, 0.1) is 17.7 Å². The molecule has 0 radical (unpaired) electrons. The van der Waals surface area contributed by atoms with Gasteiger partial charge < -0.3 is 9.64 Å². The molecule has 1 aliphatic heterocycles. The zero-order valence-corrected chi connectivity index (χ0v) is 21.9. The van der Waals surface area contributed by atoms with Gasteiger partial charge in [-0.1, -0.05) is 13.8 Å². The maximum absolute atomic E-state index is 14.4. The Morgan fingerprint density at radius 1 is 1.21 bits per heavy atom. The van der Waals surface area contributed by atoms with Crippen LogP contribution in [0.4, 0.5) is 23.4 Å². The predicted molar refractivity (Wildman–Crippen MR) is 136 cm³/mol. The Kier molecular flexibility index (Phi) is 8.14. The summed E-state index contributed by atoms with van der Waals surface area (Å²) in [6, 6.07) is 7.87. The lowest BCUT2D eigenvalue weighted by atomic mass is 9.96. The van der Waals surface area contributed by atoms with E-state index in [0.29, 0.717) is 12.2 Å². The molecule has 1 amide bonds. The van der Waals surface area contributed by atoms with Crippen LogP contribution in [-0.2, 0) is 10.0 Å². The average Bonchev–Trinajstić information content (AvgIpc) is 3.42. The highest BCUT2D eigenvalue weighted by atomic mass is 32.2. The van der Waals surface area contributed by atoms with Crippen LogP contribution in [-0.4, -0.2) is 55.4 Å². The topological polar surface area (TPSA) is 117 Å². The number of carbonyl (C=O) groups excluding carboxylic acids is 1. The minimum atomic E-state index is -4.35. The molecule has 1 saturated heterocycles. The third-order valence-corrected chi connectivity index (χ3v) is 7.38. The molecular weight excluding hydrogens is 542 g/mol. The van der Waals surface area contributed by atoms with Gasteiger partial charge in [-0.05, 0) is 49.1 Å². The Hall–Kier alpha value is -3.68. The molecule has 0 saturated carbocycles. The van der Waals surface area contributed by atoms with Crippen molar-refractivity contribution < 1.29 is 36.9 Å². The normalized spacial score (nSPS) is 15.0. The summed E-state index contributed by atoms with van der Waals surface area (Å²) in [5.74, 6) is -2.68. The van der Waals surface area contributed by atoms with Gasteiger partial charge in [0.05, 0.1) is 30.0 Å². The van der Waals surface area contributed by atoms with Gasteiger partial charge in [0.15, 0.2) is 5.03 Å². The number of pyridine rings is 1. The zero-order chi connectivity index (χ0) is 28.4. The summed E-state index contributed by atoms with van der Waals surface area (Å²) in [5, 5.41) is 5.47. The number of hydrogen-bond acceptors (Lipinski definition) is 7. The maximum atomic E-state index is 14.4. The summed E-state index contributed by atoms with van der Waals surface area (Å²) in [7, 11) is -4.31. The lowest BCUT2D eigenvalue weighted by molar-refractivity contribution is -0.179. The van der Waals surface area contributed by atoms with Crippen LogP contribution >= 0.6 is 0 Å². The van der Waals surface area contributed by atoms with E-state index in [0.717, 1.165) is 6.07 Å².